The molecule has 0 bridgehead atoms. The van der Waals surface area contributed by atoms with Crippen molar-refractivity contribution < 1.29 is 4.74 Å². The summed E-state index contributed by atoms with van der Waals surface area (Å²) in [5.74, 6) is 5.73. The number of nitrogens with two attached hydrogens (primary N) is 1. The summed E-state index contributed by atoms with van der Waals surface area (Å²) in [7, 11) is 0. The molecule has 2 atom stereocenters. The number of hydrogen-bond donors (Lipinski definition) is 2. The average Bonchev–Trinajstić information content (AvgIpc) is 2.45. The van der Waals surface area contributed by atoms with Crippen molar-refractivity contribution >= 4 is 11.6 Å². The van der Waals surface area contributed by atoms with E-state index in [1.54, 1.807) is 0 Å². The van der Waals surface area contributed by atoms with Gasteiger partial charge in [0.2, 0.25) is 0 Å². The van der Waals surface area contributed by atoms with Crippen LogP contribution >= 0.6 is 11.6 Å². The van der Waals surface area contributed by atoms with E-state index < -0.39 is 0 Å². The molecule has 1 aliphatic rings. The maximum absolute atomic E-state index is 6.03. The molecule has 1 aliphatic heterocycles. The van der Waals surface area contributed by atoms with Gasteiger partial charge in [-0.3, -0.25) is 16.2 Å². The van der Waals surface area contributed by atoms with Crippen LogP contribution in [-0.2, 0) is 11.2 Å². The minimum atomic E-state index is 0.105. The summed E-state index contributed by atoms with van der Waals surface area (Å²) in [4.78, 5) is 2.44. The van der Waals surface area contributed by atoms with Crippen LogP contribution in [-0.4, -0.2) is 43.3 Å². The Labute approximate surface area is 126 Å². The summed E-state index contributed by atoms with van der Waals surface area (Å²) in [5, 5.41) is 0.760. The SMILES string of the molecule is CCCN1CCOC(C(Cc2cccc(Cl)c2)NN)C1. The zero-order valence-corrected chi connectivity index (χ0v) is 12.8. The molecule has 5 heteroatoms. The summed E-state index contributed by atoms with van der Waals surface area (Å²) in [6, 6.07) is 8.02. The first kappa shape index (κ1) is 15.7. The fourth-order valence-corrected chi connectivity index (χ4v) is 2.92. The van der Waals surface area contributed by atoms with Gasteiger partial charge in [-0.25, -0.2) is 0 Å². The van der Waals surface area contributed by atoms with E-state index in [1.807, 2.05) is 18.2 Å². The third-order valence-electron chi connectivity index (χ3n) is 3.72. The lowest BCUT2D eigenvalue weighted by Crippen LogP contribution is -2.54. The molecule has 20 heavy (non-hydrogen) atoms. The number of ether oxygens (including phenoxy) is 1. The summed E-state index contributed by atoms with van der Waals surface area (Å²) in [6.45, 7) is 6.05. The van der Waals surface area contributed by atoms with Gasteiger partial charge < -0.3 is 4.74 Å². The Morgan fingerprint density at radius 3 is 3.10 bits per heavy atom. The summed E-state index contributed by atoms with van der Waals surface area (Å²) >= 11 is 6.03. The molecule has 2 unspecified atom stereocenters. The van der Waals surface area contributed by atoms with Gasteiger partial charge in [-0.15, -0.1) is 0 Å². The van der Waals surface area contributed by atoms with Gasteiger partial charge in [0.25, 0.3) is 0 Å². The molecule has 2 rings (SSSR count). The third-order valence-corrected chi connectivity index (χ3v) is 3.96. The maximum atomic E-state index is 6.03. The van der Waals surface area contributed by atoms with Crippen molar-refractivity contribution in [1.29, 1.82) is 0 Å². The Hall–Kier alpha value is -0.650. The van der Waals surface area contributed by atoms with E-state index in [4.69, 9.17) is 22.2 Å². The van der Waals surface area contributed by atoms with E-state index in [2.05, 4.69) is 23.3 Å². The molecule has 3 N–H and O–H groups in total. The molecular weight excluding hydrogens is 274 g/mol. The van der Waals surface area contributed by atoms with Gasteiger partial charge in [0.15, 0.2) is 0 Å². The second-order valence-corrected chi connectivity index (χ2v) is 5.75. The number of halogens is 1. The van der Waals surface area contributed by atoms with Crippen molar-refractivity contribution in [2.45, 2.75) is 31.9 Å². The Balaban J connectivity index is 1.97. The lowest BCUT2D eigenvalue weighted by atomic mass is 10.0. The lowest BCUT2D eigenvalue weighted by molar-refractivity contribution is -0.0462. The number of nitrogens with one attached hydrogen (secondary N) is 1. The molecule has 1 aromatic rings. The zero-order chi connectivity index (χ0) is 14.4. The third kappa shape index (κ3) is 4.43. The van der Waals surface area contributed by atoms with Gasteiger partial charge in [-0.05, 0) is 37.1 Å². The van der Waals surface area contributed by atoms with Crippen molar-refractivity contribution in [2.75, 3.05) is 26.2 Å². The summed E-state index contributed by atoms with van der Waals surface area (Å²) in [5.41, 5.74) is 4.09. The largest absolute Gasteiger partial charge is 0.374 e. The number of rotatable bonds is 6. The molecular formula is C15H24ClN3O. The summed E-state index contributed by atoms with van der Waals surface area (Å²) in [6.07, 6.45) is 2.11. The van der Waals surface area contributed by atoms with E-state index >= 15 is 0 Å². The fraction of sp³-hybridized carbons (Fsp3) is 0.600. The highest BCUT2D eigenvalue weighted by Gasteiger charge is 2.27. The Morgan fingerprint density at radius 2 is 2.40 bits per heavy atom. The van der Waals surface area contributed by atoms with Gasteiger partial charge in [-0.1, -0.05) is 30.7 Å². The molecule has 0 radical (unpaired) electrons. The molecule has 0 aliphatic carbocycles. The smallest absolute Gasteiger partial charge is 0.0871 e. The van der Waals surface area contributed by atoms with Gasteiger partial charge in [0.05, 0.1) is 18.8 Å². The Kier molecular flexibility index (Phi) is 6.26. The highest BCUT2D eigenvalue weighted by Crippen LogP contribution is 2.16. The fourth-order valence-electron chi connectivity index (χ4n) is 2.71. The zero-order valence-electron chi connectivity index (χ0n) is 12.0. The first-order valence-electron chi connectivity index (χ1n) is 7.27. The monoisotopic (exact) mass is 297 g/mol. The van der Waals surface area contributed by atoms with E-state index in [1.165, 1.54) is 12.0 Å². The van der Waals surface area contributed by atoms with Gasteiger partial charge in [0, 0.05) is 18.1 Å². The highest BCUT2D eigenvalue weighted by atomic mass is 35.5. The molecule has 0 saturated carbocycles. The van der Waals surface area contributed by atoms with Gasteiger partial charge >= 0.3 is 0 Å². The number of morpholine rings is 1. The maximum Gasteiger partial charge on any atom is 0.0871 e. The van der Waals surface area contributed by atoms with E-state index in [-0.39, 0.29) is 12.1 Å². The predicted molar refractivity (Wildman–Crippen MR) is 82.7 cm³/mol. The molecule has 1 fully saturated rings. The van der Waals surface area contributed by atoms with Crippen LogP contribution in [0.25, 0.3) is 0 Å². The average molecular weight is 298 g/mol. The molecule has 1 aromatic carbocycles. The number of hydrogen-bond acceptors (Lipinski definition) is 4. The van der Waals surface area contributed by atoms with Gasteiger partial charge in [0.1, 0.15) is 0 Å². The predicted octanol–water partition coefficient (Wildman–Crippen LogP) is 1.83. The molecule has 0 spiro atoms. The quantitative estimate of drug-likeness (QED) is 0.621. The van der Waals surface area contributed by atoms with Crippen molar-refractivity contribution in [3.8, 4) is 0 Å². The van der Waals surface area contributed by atoms with Crippen LogP contribution in [0.2, 0.25) is 5.02 Å². The number of benzene rings is 1. The van der Waals surface area contributed by atoms with Crippen LogP contribution < -0.4 is 11.3 Å². The minimum Gasteiger partial charge on any atom is -0.374 e. The molecule has 112 valence electrons. The van der Waals surface area contributed by atoms with Crippen LogP contribution in [0, 0.1) is 0 Å². The summed E-state index contributed by atoms with van der Waals surface area (Å²) < 4.78 is 5.89. The Morgan fingerprint density at radius 1 is 1.55 bits per heavy atom. The van der Waals surface area contributed by atoms with Crippen LogP contribution in [0.3, 0.4) is 0 Å². The molecule has 1 saturated heterocycles. The number of nitrogens with zero attached hydrogens (tertiary/aromatic N) is 1. The van der Waals surface area contributed by atoms with E-state index in [0.717, 1.165) is 37.7 Å². The van der Waals surface area contributed by atoms with Crippen molar-refractivity contribution in [1.82, 2.24) is 10.3 Å². The molecule has 1 heterocycles. The second kappa shape index (κ2) is 7.96. The first-order chi connectivity index (χ1) is 9.72. The normalized spacial score (nSPS) is 21.9. The lowest BCUT2D eigenvalue weighted by Gasteiger charge is -2.36. The van der Waals surface area contributed by atoms with Gasteiger partial charge in [-0.2, -0.15) is 0 Å². The van der Waals surface area contributed by atoms with E-state index in [0.29, 0.717) is 0 Å². The first-order valence-corrected chi connectivity index (χ1v) is 7.65. The van der Waals surface area contributed by atoms with Crippen LogP contribution in [0.4, 0.5) is 0 Å². The van der Waals surface area contributed by atoms with Crippen molar-refractivity contribution in [3.63, 3.8) is 0 Å². The molecule has 0 aromatic heterocycles. The van der Waals surface area contributed by atoms with E-state index in [9.17, 15) is 0 Å². The van der Waals surface area contributed by atoms with Crippen LogP contribution in [0.15, 0.2) is 24.3 Å². The topological polar surface area (TPSA) is 50.5 Å². The minimum absolute atomic E-state index is 0.105. The second-order valence-electron chi connectivity index (χ2n) is 5.32. The number of hydrazine groups is 1. The standard InChI is InChI=1S/C15H24ClN3O/c1-2-6-19-7-8-20-15(11-19)14(18-17)10-12-4-3-5-13(16)9-12/h3-5,9,14-15,18H,2,6-8,10-11,17H2,1H3. The molecule has 4 nitrogen and oxygen atoms in total. The van der Waals surface area contributed by atoms with Crippen molar-refractivity contribution in [3.05, 3.63) is 34.9 Å². The van der Waals surface area contributed by atoms with Crippen LogP contribution in [0.1, 0.15) is 18.9 Å². The van der Waals surface area contributed by atoms with Crippen molar-refractivity contribution in [2.24, 2.45) is 5.84 Å². The van der Waals surface area contributed by atoms with Crippen LogP contribution in [0.5, 0.6) is 0 Å². The Bertz CT molecular complexity index is 414. The molecule has 0 amide bonds. The highest BCUT2D eigenvalue weighted by molar-refractivity contribution is 6.30.